The number of rotatable bonds is 2. The van der Waals surface area contributed by atoms with E-state index in [-0.39, 0.29) is 17.1 Å². The van der Waals surface area contributed by atoms with Gasteiger partial charge in [-0.3, -0.25) is 0 Å². The van der Waals surface area contributed by atoms with Crippen LogP contribution in [0.1, 0.15) is 47.0 Å². The maximum absolute atomic E-state index is 9.35. The fourth-order valence-electron chi connectivity index (χ4n) is 3.17. The first-order chi connectivity index (χ1) is 6.86. The molecule has 0 aromatic rings. The van der Waals surface area contributed by atoms with Gasteiger partial charge >= 0.3 is 0 Å². The Morgan fingerprint density at radius 1 is 1.53 bits per heavy atom. The minimum Gasteiger partial charge on any atom is -0.393 e. The third-order valence-corrected chi connectivity index (χ3v) is 4.02. The van der Waals surface area contributed by atoms with Crippen LogP contribution in [0, 0.1) is 5.41 Å². The fraction of sp³-hybridized carbons (Fsp3) is 0.846. The second-order valence-electron chi connectivity index (χ2n) is 5.80. The van der Waals surface area contributed by atoms with E-state index in [0.717, 1.165) is 12.8 Å². The van der Waals surface area contributed by atoms with Crippen molar-refractivity contribution in [3.63, 3.8) is 0 Å². The number of hydrogen-bond acceptors (Lipinski definition) is 2. The topological polar surface area (TPSA) is 29.5 Å². The normalized spacial score (nSPS) is 42.5. The number of fused-ring (bicyclic) bond motifs is 2. The molecule has 2 saturated heterocycles. The van der Waals surface area contributed by atoms with Gasteiger partial charge in [-0.05, 0) is 38.7 Å². The number of hydrogen-bond donors (Lipinski definition) is 1. The summed E-state index contributed by atoms with van der Waals surface area (Å²) in [6.45, 7) is 8.54. The van der Waals surface area contributed by atoms with Crippen LogP contribution in [0.25, 0.3) is 0 Å². The summed E-state index contributed by atoms with van der Waals surface area (Å²) < 4.78 is 6.07. The monoisotopic (exact) mass is 210 g/mol. The first-order valence-electron chi connectivity index (χ1n) is 5.93. The van der Waals surface area contributed by atoms with Gasteiger partial charge in [-0.25, -0.2) is 0 Å². The van der Waals surface area contributed by atoms with Gasteiger partial charge in [0, 0.05) is 5.41 Å². The number of aliphatic hydroxyl groups excluding tert-OH is 1. The number of aliphatic hydroxyl groups is 1. The van der Waals surface area contributed by atoms with E-state index < -0.39 is 0 Å². The minimum absolute atomic E-state index is 0.0525. The van der Waals surface area contributed by atoms with Crippen LogP contribution in [0.4, 0.5) is 0 Å². The maximum atomic E-state index is 9.35. The Kier molecular flexibility index (Phi) is 2.47. The van der Waals surface area contributed by atoms with E-state index in [2.05, 4.69) is 26.8 Å². The van der Waals surface area contributed by atoms with E-state index in [9.17, 15) is 5.11 Å². The highest BCUT2D eigenvalue weighted by atomic mass is 16.5. The van der Waals surface area contributed by atoms with Gasteiger partial charge in [0.1, 0.15) is 0 Å². The van der Waals surface area contributed by atoms with Crippen LogP contribution in [0.15, 0.2) is 11.6 Å². The molecule has 0 saturated carbocycles. The van der Waals surface area contributed by atoms with Crippen LogP contribution in [0.5, 0.6) is 0 Å². The van der Waals surface area contributed by atoms with Gasteiger partial charge in [0.15, 0.2) is 0 Å². The van der Waals surface area contributed by atoms with Gasteiger partial charge in [0.2, 0.25) is 0 Å². The highest BCUT2D eigenvalue weighted by Gasteiger charge is 2.56. The molecule has 0 spiro atoms. The molecule has 0 radical (unpaired) electrons. The molecule has 0 unspecified atom stereocenters. The third kappa shape index (κ3) is 1.64. The molecule has 15 heavy (non-hydrogen) atoms. The van der Waals surface area contributed by atoms with Crippen molar-refractivity contribution < 1.29 is 9.84 Å². The predicted molar refractivity (Wildman–Crippen MR) is 60.7 cm³/mol. The zero-order valence-electron chi connectivity index (χ0n) is 10.2. The Labute approximate surface area is 92.3 Å². The lowest BCUT2D eigenvalue weighted by atomic mass is 9.68. The van der Waals surface area contributed by atoms with Gasteiger partial charge in [-0.2, -0.15) is 0 Å². The molecule has 2 bridgehead atoms. The molecule has 86 valence electrons. The molecule has 2 rings (SSSR count). The standard InChI is InChI=1S/C13H22O2/c1-9(14)5-6-10-12(2,3)11-7-8-13(10,4)15-11/h6,9,11,14H,5,7-8H2,1-4H3/b10-6+/t9-,11+,13-/m0/s1. The molecule has 2 heterocycles. The molecule has 0 aromatic carbocycles. The molecule has 1 N–H and O–H groups in total. The molecule has 2 aliphatic rings. The lowest BCUT2D eigenvalue weighted by molar-refractivity contribution is 0.0232. The summed E-state index contributed by atoms with van der Waals surface area (Å²) in [6, 6.07) is 0. The molecule has 0 amide bonds. The van der Waals surface area contributed by atoms with Gasteiger partial charge < -0.3 is 9.84 Å². The van der Waals surface area contributed by atoms with E-state index in [0.29, 0.717) is 6.10 Å². The van der Waals surface area contributed by atoms with Gasteiger partial charge in [0.25, 0.3) is 0 Å². The van der Waals surface area contributed by atoms with Crippen LogP contribution in [0.3, 0.4) is 0 Å². The molecule has 0 aromatic heterocycles. The number of ether oxygens (including phenoxy) is 1. The molecular weight excluding hydrogens is 188 g/mol. The van der Waals surface area contributed by atoms with Gasteiger partial charge in [-0.1, -0.05) is 19.9 Å². The SMILES string of the molecule is C[C@H](O)C/C=C1\C(C)(C)[C@H]2CC[C@]1(C)O2. The van der Waals surface area contributed by atoms with Crippen LogP contribution in [0.2, 0.25) is 0 Å². The first-order valence-corrected chi connectivity index (χ1v) is 5.93. The van der Waals surface area contributed by atoms with Crippen LogP contribution < -0.4 is 0 Å². The Morgan fingerprint density at radius 3 is 2.67 bits per heavy atom. The molecule has 3 atom stereocenters. The summed E-state index contributed by atoms with van der Waals surface area (Å²) in [6.07, 6.45) is 5.37. The van der Waals surface area contributed by atoms with Gasteiger partial charge in [0.05, 0.1) is 17.8 Å². The van der Waals surface area contributed by atoms with E-state index >= 15 is 0 Å². The second-order valence-corrected chi connectivity index (χ2v) is 5.80. The minimum atomic E-state index is -0.254. The highest BCUT2D eigenvalue weighted by Crippen LogP contribution is 2.57. The lowest BCUT2D eigenvalue weighted by Gasteiger charge is -2.33. The van der Waals surface area contributed by atoms with Crippen LogP contribution in [-0.4, -0.2) is 22.9 Å². The Bertz CT molecular complexity index is 284. The van der Waals surface area contributed by atoms with Gasteiger partial charge in [-0.15, -0.1) is 0 Å². The Hall–Kier alpha value is -0.340. The fourth-order valence-corrected chi connectivity index (χ4v) is 3.17. The maximum Gasteiger partial charge on any atom is 0.0874 e. The third-order valence-electron chi connectivity index (χ3n) is 4.02. The smallest absolute Gasteiger partial charge is 0.0874 e. The lowest BCUT2D eigenvalue weighted by Crippen LogP contribution is -2.32. The van der Waals surface area contributed by atoms with Crippen molar-refractivity contribution >= 4 is 0 Å². The van der Waals surface area contributed by atoms with Crippen molar-refractivity contribution in [3.8, 4) is 0 Å². The van der Waals surface area contributed by atoms with E-state index in [1.807, 2.05) is 6.92 Å². The van der Waals surface area contributed by atoms with Crippen molar-refractivity contribution in [2.75, 3.05) is 0 Å². The average molecular weight is 210 g/mol. The molecular formula is C13H22O2. The van der Waals surface area contributed by atoms with Crippen LogP contribution in [-0.2, 0) is 4.74 Å². The van der Waals surface area contributed by atoms with Crippen LogP contribution >= 0.6 is 0 Å². The highest BCUT2D eigenvalue weighted by molar-refractivity contribution is 5.32. The van der Waals surface area contributed by atoms with Crippen molar-refractivity contribution in [2.45, 2.75) is 64.8 Å². The summed E-state index contributed by atoms with van der Waals surface area (Å²) in [5.74, 6) is 0. The zero-order valence-corrected chi connectivity index (χ0v) is 10.2. The molecule has 2 aliphatic heterocycles. The molecule has 2 nitrogen and oxygen atoms in total. The van der Waals surface area contributed by atoms with E-state index in [1.54, 1.807) is 0 Å². The average Bonchev–Trinajstić information content (AvgIpc) is 2.54. The summed E-state index contributed by atoms with van der Waals surface area (Å²) in [7, 11) is 0. The van der Waals surface area contributed by atoms with E-state index in [1.165, 1.54) is 12.0 Å². The summed E-state index contributed by atoms with van der Waals surface area (Å²) in [5, 5.41) is 9.35. The van der Waals surface area contributed by atoms with Crippen molar-refractivity contribution in [1.82, 2.24) is 0 Å². The largest absolute Gasteiger partial charge is 0.393 e. The Morgan fingerprint density at radius 2 is 2.20 bits per heavy atom. The molecule has 2 fully saturated rings. The quantitative estimate of drug-likeness (QED) is 0.710. The second kappa shape index (κ2) is 3.33. The Balaban J connectivity index is 2.26. The summed E-state index contributed by atoms with van der Waals surface area (Å²) in [5.41, 5.74) is 1.50. The van der Waals surface area contributed by atoms with E-state index in [4.69, 9.17) is 4.74 Å². The molecule has 0 aliphatic carbocycles. The first kappa shape index (κ1) is 11.2. The van der Waals surface area contributed by atoms with Crippen molar-refractivity contribution in [2.24, 2.45) is 5.41 Å². The van der Waals surface area contributed by atoms with Crippen molar-refractivity contribution in [1.29, 1.82) is 0 Å². The summed E-state index contributed by atoms with van der Waals surface area (Å²) >= 11 is 0. The summed E-state index contributed by atoms with van der Waals surface area (Å²) in [4.78, 5) is 0. The van der Waals surface area contributed by atoms with Crippen molar-refractivity contribution in [3.05, 3.63) is 11.6 Å². The zero-order chi connectivity index (χ0) is 11.3. The predicted octanol–water partition coefficient (Wildman–Crippen LogP) is 2.66. The molecule has 2 heteroatoms.